The van der Waals surface area contributed by atoms with E-state index in [0.29, 0.717) is 11.3 Å². The highest BCUT2D eigenvalue weighted by molar-refractivity contribution is 6.19. The van der Waals surface area contributed by atoms with Gasteiger partial charge in [0.05, 0.1) is 5.56 Å². The summed E-state index contributed by atoms with van der Waals surface area (Å²) in [5, 5.41) is 0. The molecule has 1 heterocycles. The lowest BCUT2D eigenvalue weighted by Crippen LogP contribution is -2.56. The third-order valence-corrected chi connectivity index (χ3v) is 3.73. The van der Waals surface area contributed by atoms with Gasteiger partial charge < -0.3 is 14.3 Å². The summed E-state index contributed by atoms with van der Waals surface area (Å²) in [5.41, 5.74) is -2.23. The van der Waals surface area contributed by atoms with E-state index in [4.69, 9.17) is 9.47 Å². The van der Waals surface area contributed by atoms with Crippen LogP contribution in [0, 0.1) is 5.92 Å². The second-order valence-electron chi connectivity index (χ2n) is 6.97. The Morgan fingerprint density at radius 3 is 2.39 bits per heavy atom. The maximum atomic E-state index is 12.9. The molecule has 0 bridgehead atoms. The van der Waals surface area contributed by atoms with E-state index in [9.17, 15) is 14.4 Å². The van der Waals surface area contributed by atoms with Gasteiger partial charge in [0, 0.05) is 12.3 Å². The molecule has 1 aromatic carbocycles. The summed E-state index contributed by atoms with van der Waals surface area (Å²) in [6.45, 7) is 8.25. The van der Waals surface area contributed by atoms with Crippen LogP contribution in [0.1, 0.15) is 51.4 Å². The van der Waals surface area contributed by atoms with Crippen molar-refractivity contribution in [3.63, 3.8) is 0 Å². The van der Waals surface area contributed by atoms with Crippen LogP contribution in [0.15, 0.2) is 24.3 Å². The number of carbonyl (C=O) groups is 3. The molecule has 2 rings (SSSR count). The molecule has 2 unspecified atom stereocenters. The van der Waals surface area contributed by atoms with Gasteiger partial charge in [-0.1, -0.05) is 19.1 Å². The maximum absolute atomic E-state index is 12.9. The number of hydrogen-bond donors (Lipinski definition) is 0. The number of esters is 1. The van der Waals surface area contributed by atoms with Gasteiger partial charge in [-0.3, -0.25) is 4.79 Å². The molecule has 2 atom stereocenters. The normalized spacial score (nSPS) is 21.3. The molecule has 0 saturated carbocycles. The summed E-state index contributed by atoms with van der Waals surface area (Å²) in [5.74, 6) is -1.60. The van der Waals surface area contributed by atoms with E-state index < -0.39 is 28.9 Å². The van der Waals surface area contributed by atoms with Gasteiger partial charge in [-0.25, -0.2) is 4.79 Å². The maximum Gasteiger partial charge on any atom is 0.359 e. The number of para-hydroxylation sites is 1. The van der Waals surface area contributed by atoms with Gasteiger partial charge in [0.25, 0.3) is 5.60 Å². The number of carbonyl (C=O) groups excluding carboxylic acids is 3. The van der Waals surface area contributed by atoms with Crippen LogP contribution in [-0.2, 0) is 14.3 Å². The van der Waals surface area contributed by atoms with Crippen LogP contribution in [0.5, 0.6) is 5.75 Å². The summed E-state index contributed by atoms with van der Waals surface area (Å²) in [6, 6.07) is 6.69. The standard InChI is InChI=1S/C18H22O5/c1-11(10-12(2)19)18(16(21)23-17(3,4)5)15(20)13-8-6-7-9-14(13)22-18/h6-9,11H,10H2,1-5H3. The molecule has 5 nitrogen and oxygen atoms in total. The Morgan fingerprint density at radius 1 is 1.26 bits per heavy atom. The first-order valence-electron chi connectivity index (χ1n) is 7.63. The highest BCUT2D eigenvalue weighted by atomic mass is 16.6. The average Bonchev–Trinajstić information content (AvgIpc) is 2.71. The predicted molar refractivity (Wildman–Crippen MR) is 84.4 cm³/mol. The van der Waals surface area contributed by atoms with Crippen LogP contribution in [0.25, 0.3) is 0 Å². The van der Waals surface area contributed by atoms with Gasteiger partial charge >= 0.3 is 5.97 Å². The Bertz CT molecular complexity index is 656. The lowest BCUT2D eigenvalue weighted by atomic mass is 9.80. The van der Waals surface area contributed by atoms with E-state index in [2.05, 4.69) is 0 Å². The minimum atomic E-state index is -1.80. The fraction of sp³-hybridized carbons (Fsp3) is 0.500. The van der Waals surface area contributed by atoms with Crippen molar-refractivity contribution in [3.05, 3.63) is 29.8 Å². The molecule has 1 aliphatic heterocycles. The number of Topliss-reactive ketones (excluding diaryl/α,β-unsaturated/α-hetero) is 2. The van der Waals surface area contributed by atoms with Gasteiger partial charge in [0.15, 0.2) is 0 Å². The molecule has 23 heavy (non-hydrogen) atoms. The highest BCUT2D eigenvalue weighted by Gasteiger charge is 2.59. The number of fused-ring (bicyclic) bond motifs is 1. The fourth-order valence-electron chi connectivity index (χ4n) is 2.75. The van der Waals surface area contributed by atoms with E-state index >= 15 is 0 Å². The van der Waals surface area contributed by atoms with Crippen molar-refractivity contribution < 1.29 is 23.9 Å². The zero-order valence-electron chi connectivity index (χ0n) is 14.1. The molecule has 0 aromatic heterocycles. The number of ketones is 2. The van der Waals surface area contributed by atoms with E-state index in [1.54, 1.807) is 52.0 Å². The van der Waals surface area contributed by atoms with Gasteiger partial charge in [-0.15, -0.1) is 0 Å². The summed E-state index contributed by atoms with van der Waals surface area (Å²) >= 11 is 0. The second-order valence-corrected chi connectivity index (χ2v) is 6.97. The van der Waals surface area contributed by atoms with Crippen molar-refractivity contribution in [1.82, 2.24) is 0 Å². The van der Waals surface area contributed by atoms with Crippen LogP contribution in [0.3, 0.4) is 0 Å². The molecule has 5 heteroatoms. The van der Waals surface area contributed by atoms with Crippen molar-refractivity contribution in [2.45, 2.75) is 52.2 Å². The predicted octanol–water partition coefficient (Wildman–Crippen LogP) is 2.96. The SMILES string of the molecule is CC(=O)CC(C)C1(C(=O)OC(C)(C)C)Oc2ccccc2C1=O. The smallest absolute Gasteiger partial charge is 0.359 e. The van der Waals surface area contributed by atoms with Crippen molar-refractivity contribution in [2.24, 2.45) is 5.92 Å². The molecule has 1 aliphatic rings. The topological polar surface area (TPSA) is 69.7 Å². The van der Waals surface area contributed by atoms with Crippen LogP contribution in [0.2, 0.25) is 0 Å². The third-order valence-electron chi connectivity index (χ3n) is 3.73. The molecular formula is C18H22O5. The zero-order chi connectivity index (χ0) is 17.4. The first-order chi connectivity index (χ1) is 10.6. The van der Waals surface area contributed by atoms with Crippen molar-refractivity contribution in [1.29, 1.82) is 0 Å². The molecule has 0 fully saturated rings. The highest BCUT2D eigenvalue weighted by Crippen LogP contribution is 2.41. The monoisotopic (exact) mass is 318 g/mol. The molecule has 0 spiro atoms. The molecule has 0 N–H and O–H groups in total. The second kappa shape index (κ2) is 5.80. The molecule has 0 amide bonds. The van der Waals surface area contributed by atoms with E-state index in [-0.39, 0.29) is 12.2 Å². The molecule has 124 valence electrons. The van der Waals surface area contributed by atoms with Crippen LogP contribution in [-0.4, -0.2) is 28.7 Å². The number of rotatable bonds is 4. The lowest BCUT2D eigenvalue weighted by molar-refractivity contribution is -0.172. The Morgan fingerprint density at radius 2 is 1.87 bits per heavy atom. The Labute approximate surface area is 136 Å². The number of benzene rings is 1. The largest absolute Gasteiger partial charge is 0.466 e. The lowest BCUT2D eigenvalue weighted by Gasteiger charge is -2.33. The first kappa shape index (κ1) is 17.2. The molecule has 0 saturated heterocycles. The summed E-state index contributed by atoms with van der Waals surface area (Å²) in [6.07, 6.45) is 0.0545. The van der Waals surface area contributed by atoms with Gasteiger partial charge in [0.2, 0.25) is 5.78 Å². The minimum absolute atomic E-state index is 0.0545. The minimum Gasteiger partial charge on any atom is -0.466 e. The number of hydrogen-bond acceptors (Lipinski definition) is 5. The fourth-order valence-corrected chi connectivity index (χ4v) is 2.75. The molecule has 1 aromatic rings. The van der Waals surface area contributed by atoms with Gasteiger partial charge in [-0.05, 0) is 39.8 Å². The van der Waals surface area contributed by atoms with Crippen molar-refractivity contribution >= 4 is 17.5 Å². The van der Waals surface area contributed by atoms with Crippen LogP contribution < -0.4 is 4.74 Å². The molecule has 0 aliphatic carbocycles. The van der Waals surface area contributed by atoms with E-state index in [1.807, 2.05) is 0 Å². The quantitative estimate of drug-likeness (QED) is 0.630. The van der Waals surface area contributed by atoms with Crippen LogP contribution in [0.4, 0.5) is 0 Å². The summed E-state index contributed by atoms with van der Waals surface area (Å²) in [7, 11) is 0. The van der Waals surface area contributed by atoms with Crippen molar-refractivity contribution in [3.8, 4) is 5.75 Å². The van der Waals surface area contributed by atoms with Gasteiger partial charge in [0.1, 0.15) is 17.1 Å². The van der Waals surface area contributed by atoms with Crippen LogP contribution >= 0.6 is 0 Å². The Balaban J connectivity index is 2.48. The molecular weight excluding hydrogens is 296 g/mol. The van der Waals surface area contributed by atoms with E-state index in [1.165, 1.54) is 6.92 Å². The van der Waals surface area contributed by atoms with E-state index in [0.717, 1.165) is 0 Å². The molecule has 0 radical (unpaired) electrons. The van der Waals surface area contributed by atoms with Crippen molar-refractivity contribution in [2.75, 3.05) is 0 Å². The summed E-state index contributed by atoms with van der Waals surface area (Å²) in [4.78, 5) is 37.3. The zero-order valence-corrected chi connectivity index (χ0v) is 14.1. The Hall–Kier alpha value is -2.17. The third kappa shape index (κ3) is 3.14. The first-order valence-corrected chi connectivity index (χ1v) is 7.63. The number of ether oxygens (including phenoxy) is 2. The average molecular weight is 318 g/mol. The van der Waals surface area contributed by atoms with Gasteiger partial charge in [-0.2, -0.15) is 0 Å². The summed E-state index contributed by atoms with van der Waals surface area (Å²) < 4.78 is 11.2. The Kier molecular flexibility index (Phi) is 4.33.